The Morgan fingerprint density at radius 2 is 1.75 bits per heavy atom. The molecule has 2 heterocycles. The molecule has 0 spiro atoms. The van der Waals surface area contributed by atoms with Gasteiger partial charge in [0, 0.05) is 21.6 Å². The van der Waals surface area contributed by atoms with E-state index in [2.05, 4.69) is 69.2 Å². The van der Waals surface area contributed by atoms with E-state index in [1.165, 1.54) is 5.56 Å². The number of anilines is 1. The number of halogens is 1. The van der Waals surface area contributed by atoms with Gasteiger partial charge >= 0.3 is 0 Å². The van der Waals surface area contributed by atoms with Crippen LogP contribution in [0.2, 0.25) is 0 Å². The van der Waals surface area contributed by atoms with Crippen LogP contribution < -0.4 is 5.32 Å². The van der Waals surface area contributed by atoms with Gasteiger partial charge < -0.3 is 9.84 Å². The zero-order chi connectivity index (χ0) is 22.7. The van der Waals surface area contributed by atoms with E-state index in [0.29, 0.717) is 18.3 Å². The molecule has 0 unspecified atom stereocenters. The third-order valence-electron chi connectivity index (χ3n) is 5.91. The summed E-state index contributed by atoms with van der Waals surface area (Å²) < 4.78 is 6.49. The van der Waals surface area contributed by atoms with Gasteiger partial charge in [-0.25, -0.2) is 0 Å². The van der Waals surface area contributed by atoms with E-state index in [1.54, 1.807) is 0 Å². The molecular formula is C25H29BrN4O2. The zero-order valence-electron chi connectivity index (χ0n) is 18.8. The maximum Gasteiger partial charge on any atom is 0.241 e. The number of piperidine rings is 1. The molecule has 0 saturated carbocycles. The molecule has 2 aromatic carbocycles. The number of carbonyl (C=O) groups is 1. The number of likely N-dealkylation sites (tertiary alicyclic amines) is 1. The molecule has 0 radical (unpaired) electrons. The minimum absolute atomic E-state index is 0.0227. The molecule has 0 bridgehead atoms. The zero-order valence-corrected chi connectivity index (χ0v) is 20.4. The Morgan fingerprint density at radius 3 is 2.38 bits per heavy atom. The number of hydrogen-bond donors (Lipinski definition) is 1. The second-order valence-electron chi connectivity index (χ2n) is 9.39. The van der Waals surface area contributed by atoms with E-state index < -0.39 is 0 Å². The van der Waals surface area contributed by atoms with E-state index in [9.17, 15) is 4.79 Å². The summed E-state index contributed by atoms with van der Waals surface area (Å²) in [7, 11) is 0. The lowest BCUT2D eigenvalue weighted by Crippen LogP contribution is -2.37. The summed E-state index contributed by atoms with van der Waals surface area (Å²) in [6.45, 7) is 8.85. The first-order chi connectivity index (χ1) is 15.3. The van der Waals surface area contributed by atoms with Crippen molar-refractivity contribution in [2.45, 2.75) is 45.6 Å². The Labute approximate surface area is 197 Å². The molecule has 1 aromatic heterocycles. The second kappa shape index (κ2) is 9.55. The Morgan fingerprint density at radius 1 is 1.09 bits per heavy atom. The highest BCUT2D eigenvalue weighted by molar-refractivity contribution is 9.10. The van der Waals surface area contributed by atoms with Crippen molar-refractivity contribution in [3.63, 3.8) is 0 Å². The van der Waals surface area contributed by atoms with Crippen LogP contribution in [-0.2, 0) is 16.8 Å². The molecule has 1 N–H and O–H groups in total. The van der Waals surface area contributed by atoms with Gasteiger partial charge in [-0.05, 0) is 61.2 Å². The highest BCUT2D eigenvalue weighted by Crippen LogP contribution is 2.26. The molecule has 6 nitrogen and oxygen atoms in total. The highest BCUT2D eigenvalue weighted by atomic mass is 79.9. The van der Waals surface area contributed by atoms with Crippen LogP contribution in [0.25, 0.3) is 11.4 Å². The predicted octanol–water partition coefficient (Wildman–Crippen LogP) is 5.65. The molecule has 4 rings (SSSR count). The normalized spacial score (nSPS) is 15.6. The van der Waals surface area contributed by atoms with Crippen molar-refractivity contribution >= 4 is 27.5 Å². The van der Waals surface area contributed by atoms with E-state index >= 15 is 0 Å². The van der Waals surface area contributed by atoms with Crippen molar-refractivity contribution in [1.82, 2.24) is 15.0 Å². The Balaban J connectivity index is 1.29. The quantitative estimate of drug-likeness (QED) is 0.494. The predicted molar refractivity (Wildman–Crippen MR) is 129 cm³/mol. The second-order valence-corrected chi connectivity index (χ2v) is 10.3. The van der Waals surface area contributed by atoms with Crippen LogP contribution in [0.3, 0.4) is 0 Å². The number of benzene rings is 2. The third kappa shape index (κ3) is 5.64. The van der Waals surface area contributed by atoms with Crippen LogP contribution in [0.15, 0.2) is 57.5 Å². The number of carbonyl (C=O) groups excluding carboxylic acids is 1. The molecule has 32 heavy (non-hydrogen) atoms. The van der Waals surface area contributed by atoms with Gasteiger partial charge in [0.15, 0.2) is 0 Å². The highest BCUT2D eigenvalue weighted by Gasteiger charge is 2.26. The van der Waals surface area contributed by atoms with Crippen molar-refractivity contribution in [2.75, 3.05) is 18.4 Å². The first kappa shape index (κ1) is 22.7. The number of rotatable bonds is 5. The summed E-state index contributed by atoms with van der Waals surface area (Å²) in [5.74, 6) is 1.34. The van der Waals surface area contributed by atoms with Crippen LogP contribution in [0.5, 0.6) is 0 Å². The molecular weight excluding hydrogens is 468 g/mol. The topological polar surface area (TPSA) is 71.3 Å². The average molecular weight is 497 g/mol. The Hall–Kier alpha value is -2.51. The van der Waals surface area contributed by atoms with Gasteiger partial charge in [0.05, 0.1) is 6.54 Å². The van der Waals surface area contributed by atoms with Gasteiger partial charge in [-0.15, -0.1) is 0 Å². The first-order valence-electron chi connectivity index (χ1n) is 11.0. The van der Waals surface area contributed by atoms with Gasteiger partial charge in [-0.3, -0.25) is 9.69 Å². The van der Waals surface area contributed by atoms with Gasteiger partial charge in [0.1, 0.15) is 0 Å². The van der Waals surface area contributed by atoms with Crippen LogP contribution in [-0.4, -0.2) is 34.0 Å². The van der Waals surface area contributed by atoms with Crippen LogP contribution in [0, 0.1) is 5.92 Å². The van der Waals surface area contributed by atoms with Gasteiger partial charge in [0.2, 0.25) is 17.6 Å². The average Bonchev–Trinajstić information content (AvgIpc) is 3.24. The fourth-order valence-electron chi connectivity index (χ4n) is 3.88. The van der Waals surface area contributed by atoms with Crippen molar-refractivity contribution in [3.05, 3.63) is 64.5 Å². The van der Waals surface area contributed by atoms with Crippen LogP contribution in [0.4, 0.5) is 5.69 Å². The van der Waals surface area contributed by atoms with E-state index in [4.69, 9.17) is 4.52 Å². The molecule has 3 aromatic rings. The van der Waals surface area contributed by atoms with Gasteiger partial charge in [0.25, 0.3) is 0 Å². The molecule has 1 fully saturated rings. The van der Waals surface area contributed by atoms with Crippen molar-refractivity contribution < 1.29 is 9.32 Å². The number of nitrogens with zero attached hydrogens (tertiary/aromatic N) is 3. The Bertz CT molecular complexity index is 1050. The molecule has 0 atom stereocenters. The lowest BCUT2D eigenvalue weighted by Gasteiger charge is -2.30. The summed E-state index contributed by atoms with van der Waals surface area (Å²) >= 11 is 3.41. The summed E-state index contributed by atoms with van der Waals surface area (Å²) in [6.07, 6.45) is 1.63. The van der Waals surface area contributed by atoms with E-state index in [1.807, 2.05) is 36.4 Å². The molecule has 1 aliphatic heterocycles. The maximum absolute atomic E-state index is 12.6. The number of aromatic nitrogens is 2. The minimum atomic E-state index is 0.0227. The summed E-state index contributed by atoms with van der Waals surface area (Å²) in [4.78, 5) is 19.4. The largest absolute Gasteiger partial charge is 0.338 e. The van der Waals surface area contributed by atoms with Crippen molar-refractivity contribution in [1.29, 1.82) is 0 Å². The van der Waals surface area contributed by atoms with Crippen molar-refractivity contribution in [2.24, 2.45) is 5.92 Å². The summed E-state index contributed by atoms with van der Waals surface area (Å²) in [6, 6.07) is 16.0. The lowest BCUT2D eigenvalue weighted by atomic mass is 9.87. The molecule has 7 heteroatoms. The molecule has 1 saturated heterocycles. The smallest absolute Gasteiger partial charge is 0.241 e. The van der Waals surface area contributed by atoms with E-state index in [0.717, 1.165) is 41.7 Å². The summed E-state index contributed by atoms with van der Waals surface area (Å²) in [5, 5.41) is 7.18. The molecule has 168 valence electrons. The number of amides is 1. The minimum Gasteiger partial charge on any atom is -0.338 e. The lowest BCUT2D eigenvalue weighted by molar-refractivity contribution is -0.121. The molecule has 1 amide bonds. The molecule has 1 aliphatic rings. The monoisotopic (exact) mass is 496 g/mol. The number of nitrogens with one attached hydrogen (secondary N) is 1. The standard InChI is InChI=1S/C25H29BrN4O2/c1-25(2,3)19-6-4-17(5-7-19)23-28-22(32-29-23)16-30-14-12-18(13-15-30)24(31)27-21-10-8-20(26)9-11-21/h4-11,18H,12-16H2,1-3H3,(H,27,31). The van der Waals surface area contributed by atoms with Gasteiger partial charge in [-0.1, -0.05) is 66.1 Å². The summed E-state index contributed by atoms with van der Waals surface area (Å²) in [5.41, 5.74) is 3.17. The maximum atomic E-state index is 12.6. The van der Waals surface area contributed by atoms with E-state index in [-0.39, 0.29) is 17.2 Å². The van der Waals surface area contributed by atoms with Crippen LogP contribution in [0.1, 0.15) is 45.1 Å². The fourth-order valence-corrected chi connectivity index (χ4v) is 4.14. The van der Waals surface area contributed by atoms with Crippen molar-refractivity contribution in [3.8, 4) is 11.4 Å². The molecule has 0 aliphatic carbocycles. The SMILES string of the molecule is CC(C)(C)c1ccc(-c2noc(CN3CCC(C(=O)Nc4ccc(Br)cc4)CC3)n2)cc1. The Kier molecular flexibility index (Phi) is 6.76. The number of hydrogen-bond acceptors (Lipinski definition) is 5. The first-order valence-corrected chi connectivity index (χ1v) is 11.8. The van der Waals surface area contributed by atoms with Gasteiger partial charge in [-0.2, -0.15) is 4.98 Å². The van der Waals surface area contributed by atoms with Crippen LogP contribution >= 0.6 is 15.9 Å². The fraction of sp³-hybridized carbons (Fsp3) is 0.400. The third-order valence-corrected chi connectivity index (χ3v) is 6.43.